The number of nitrogens with one attached hydrogen (secondary N) is 2. The molecule has 0 aliphatic heterocycles. The third kappa shape index (κ3) is 8.63. The van der Waals surface area contributed by atoms with Crippen LogP contribution in [0.1, 0.15) is 71.1 Å². The van der Waals surface area contributed by atoms with E-state index in [9.17, 15) is 4.79 Å². The van der Waals surface area contributed by atoms with E-state index < -0.39 is 0 Å². The van der Waals surface area contributed by atoms with E-state index >= 15 is 0 Å². The Hall–Kier alpha value is -3.74. The Morgan fingerprint density at radius 3 is 2.10 bits per heavy atom. The normalized spacial score (nSPS) is 22.6. The Morgan fingerprint density at radius 2 is 1.52 bits per heavy atom. The van der Waals surface area contributed by atoms with Crippen LogP contribution in [0.5, 0.6) is 0 Å². The van der Waals surface area contributed by atoms with E-state index in [4.69, 9.17) is 14.7 Å². The number of fused-ring (bicyclic) bond motifs is 2. The van der Waals surface area contributed by atoms with E-state index in [1.807, 2.05) is 50.3 Å². The first-order valence-electron chi connectivity index (χ1n) is 14.2. The maximum Gasteiger partial charge on any atom is 0.315 e. The standard InChI is InChI=1S/C29H36N4O.C2H6.2CH2O/c1-20-9-11-26(12-10-20)33-27(24-7-5-4-6-8-24)16-25(32-33)19-30-28(34)31-29(3)17-22-13-21(2)14-23(15-22)18-29;3*1-2/h4-12,16,21-23H,13-15,17-19H2,1-3H3,(H2,30,31,34);1-2H3;2*1H2. The number of hydrogen-bond donors (Lipinski definition) is 2. The highest BCUT2D eigenvalue weighted by molar-refractivity contribution is 5.75. The summed E-state index contributed by atoms with van der Waals surface area (Å²) in [4.78, 5) is 28.9. The summed E-state index contributed by atoms with van der Waals surface area (Å²) in [6, 6.07) is 20.6. The first-order valence-corrected chi connectivity index (χ1v) is 14.2. The van der Waals surface area contributed by atoms with Gasteiger partial charge in [0, 0.05) is 11.1 Å². The van der Waals surface area contributed by atoms with Crippen molar-refractivity contribution in [2.45, 2.75) is 78.8 Å². The maximum absolute atomic E-state index is 12.9. The molecule has 0 spiro atoms. The molecule has 7 nitrogen and oxygen atoms in total. The topological polar surface area (TPSA) is 93.1 Å². The molecule has 2 unspecified atom stereocenters. The predicted octanol–water partition coefficient (Wildman–Crippen LogP) is 6.91. The molecular weight excluding hydrogens is 500 g/mol. The van der Waals surface area contributed by atoms with E-state index in [1.165, 1.54) is 24.8 Å². The van der Waals surface area contributed by atoms with Crippen molar-refractivity contribution in [3.05, 3.63) is 71.9 Å². The second-order valence-electron chi connectivity index (χ2n) is 11.0. The van der Waals surface area contributed by atoms with Crippen LogP contribution in [0.4, 0.5) is 4.79 Å². The van der Waals surface area contributed by atoms with Crippen molar-refractivity contribution in [1.29, 1.82) is 0 Å². The van der Waals surface area contributed by atoms with Crippen molar-refractivity contribution >= 4 is 19.6 Å². The molecule has 40 heavy (non-hydrogen) atoms. The molecule has 0 radical (unpaired) electrons. The molecule has 2 aromatic carbocycles. The second kappa shape index (κ2) is 15.8. The van der Waals surface area contributed by atoms with Gasteiger partial charge in [-0.15, -0.1) is 0 Å². The molecule has 2 atom stereocenters. The molecule has 3 aromatic rings. The summed E-state index contributed by atoms with van der Waals surface area (Å²) in [6.07, 6.45) is 6.10. The fourth-order valence-electron chi connectivity index (χ4n) is 6.39. The molecule has 1 heterocycles. The molecule has 2 fully saturated rings. The summed E-state index contributed by atoms with van der Waals surface area (Å²) in [7, 11) is 0. The molecule has 2 amide bonds. The molecule has 2 bridgehead atoms. The predicted molar refractivity (Wildman–Crippen MR) is 162 cm³/mol. The highest BCUT2D eigenvalue weighted by Gasteiger charge is 2.41. The maximum atomic E-state index is 12.9. The summed E-state index contributed by atoms with van der Waals surface area (Å²) in [6.45, 7) is 15.1. The summed E-state index contributed by atoms with van der Waals surface area (Å²) in [5, 5.41) is 11.2. The van der Waals surface area contributed by atoms with Crippen molar-refractivity contribution in [2.75, 3.05) is 0 Å². The van der Waals surface area contributed by atoms with Gasteiger partial charge < -0.3 is 20.2 Å². The number of urea groups is 1. The summed E-state index contributed by atoms with van der Waals surface area (Å²) < 4.78 is 1.97. The van der Waals surface area contributed by atoms with Crippen molar-refractivity contribution in [3.63, 3.8) is 0 Å². The molecule has 1 aromatic heterocycles. The van der Waals surface area contributed by atoms with Gasteiger partial charge >= 0.3 is 6.03 Å². The monoisotopic (exact) mass is 546 g/mol. The smallest absolute Gasteiger partial charge is 0.315 e. The molecule has 5 rings (SSSR count). The molecule has 0 saturated heterocycles. The fraction of sp³-hybridized carbons (Fsp3) is 0.455. The van der Waals surface area contributed by atoms with Crippen molar-refractivity contribution < 1.29 is 14.4 Å². The molecule has 2 aliphatic rings. The number of nitrogens with zero attached hydrogens (tertiary/aromatic N) is 2. The van der Waals surface area contributed by atoms with Crippen LogP contribution >= 0.6 is 0 Å². The van der Waals surface area contributed by atoms with Crippen LogP contribution in [0.25, 0.3) is 16.9 Å². The van der Waals surface area contributed by atoms with Crippen LogP contribution in [-0.2, 0) is 16.1 Å². The quantitative estimate of drug-likeness (QED) is 0.364. The SMILES string of the molecule is C=O.C=O.CC.Cc1ccc(-n2nc(CNC(=O)NC3(C)CC4CC(C)CC(C4)C3)cc2-c2ccccc2)cc1. The zero-order valence-electron chi connectivity index (χ0n) is 24.8. The van der Waals surface area contributed by atoms with E-state index in [-0.39, 0.29) is 11.6 Å². The van der Waals surface area contributed by atoms with E-state index in [0.717, 1.165) is 53.2 Å². The second-order valence-corrected chi connectivity index (χ2v) is 11.0. The van der Waals surface area contributed by atoms with E-state index in [1.54, 1.807) is 0 Å². The first-order chi connectivity index (χ1) is 19.4. The van der Waals surface area contributed by atoms with E-state index in [0.29, 0.717) is 6.54 Å². The summed E-state index contributed by atoms with van der Waals surface area (Å²) in [5.74, 6) is 2.31. The highest BCUT2D eigenvalue weighted by atomic mass is 16.2. The van der Waals surface area contributed by atoms with Gasteiger partial charge in [0.1, 0.15) is 13.6 Å². The lowest BCUT2D eigenvalue weighted by atomic mass is 9.63. The largest absolute Gasteiger partial charge is 0.333 e. The Balaban J connectivity index is 0.000000876. The first kappa shape index (κ1) is 32.5. The lowest BCUT2D eigenvalue weighted by molar-refractivity contribution is -0.0987. The van der Waals surface area contributed by atoms with Crippen LogP contribution in [0, 0.1) is 24.7 Å². The lowest BCUT2D eigenvalue weighted by Crippen LogP contribution is -2.55. The summed E-state index contributed by atoms with van der Waals surface area (Å²) >= 11 is 0. The van der Waals surface area contributed by atoms with Crippen molar-refractivity contribution in [3.8, 4) is 16.9 Å². The summed E-state index contributed by atoms with van der Waals surface area (Å²) in [5.41, 5.74) is 5.06. The Labute approximate surface area is 239 Å². The van der Waals surface area contributed by atoms with Gasteiger partial charge in [-0.3, -0.25) is 0 Å². The van der Waals surface area contributed by atoms with Crippen LogP contribution in [-0.4, -0.2) is 34.9 Å². The van der Waals surface area contributed by atoms with Gasteiger partial charge in [-0.1, -0.05) is 68.8 Å². The Bertz CT molecular complexity index is 1160. The van der Waals surface area contributed by atoms with Gasteiger partial charge in [-0.2, -0.15) is 5.10 Å². The number of benzene rings is 2. The fourth-order valence-corrected chi connectivity index (χ4v) is 6.39. The molecular formula is C33H46N4O3. The average molecular weight is 547 g/mol. The minimum Gasteiger partial charge on any atom is -0.333 e. The molecule has 2 N–H and O–H groups in total. The van der Waals surface area contributed by atoms with Gasteiger partial charge in [-0.25, -0.2) is 9.48 Å². The number of aryl methyl sites for hydroxylation is 1. The van der Waals surface area contributed by atoms with Crippen molar-refractivity contribution in [2.24, 2.45) is 17.8 Å². The third-order valence-electron chi connectivity index (χ3n) is 7.57. The molecule has 216 valence electrons. The zero-order chi connectivity index (χ0) is 29.7. The zero-order valence-corrected chi connectivity index (χ0v) is 24.8. The van der Waals surface area contributed by atoms with Gasteiger partial charge in [0.25, 0.3) is 0 Å². The van der Waals surface area contributed by atoms with Crippen LogP contribution < -0.4 is 10.6 Å². The molecule has 7 heteroatoms. The van der Waals surface area contributed by atoms with Gasteiger partial charge in [0.15, 0.2) is 0 Å². The van der Waals surface area contributed by atoms with Crippen molar-refractivity contribution in [1.82, 2.24) is 20.4 Å². The van der Waals surface area contributed by atoms with Crippen LogP contribution in [0.2, 0.25) is 0 Å². The minimum atomic E-state index is -0.117. The highest BCUT2D eigenvalue weighted by Crippen LogP contribution is 2.46. The van der Waals surface area contributed by atoms with Gasteiger partial charge in [-0.05, 0) is 81.9 Å². The van der Waals surface area contributed by atoms with Gasteiger partial charge in [0.05, 0.1) is 23.6 Å². The van der Waals surface area contributed by atoms with E-state index in [2.05, 4.69) is 73.9 Å². The number of hydrogen-bond acceptors (Lipinski definition) is 4. The Morgan fingerprint density at radius 1 is 0.950 bits per heavy atom. The number of amides is 2. The van der Waals surface area contributed by atoms with Gasteiger partial charge in [0.2, 0.25) is 0 Å². The number of rotatable bonds is 5. The molecule has 2 aliphatic carbocycles. The number of carbonyl (C=O) groups is 3. The Kier molecular flexibility index (Phi) is 12.8. The van der Waals surface area contributed by atoms with Crippen LogP contribution in [0.3, 0.4) is 0 Å². The molecule has 2 saturated carbocycles. The lowest BCUT2D eigenvalue weighted by Gasteiger charge is -2.47. The average Bonchev–Trinajstić information content (AvgIpc) is 3.39. The third-order valence-corrected chi connectivity index (χ3v) is 7.57. The van der Waals surface area contributed by atoms with Crippen LogP contribution in [0.15, 0.2) is 60.7 Å². The minimum absolute atomic E-state index is 0.0957. The number of aromatic nitrogens is 2. The number of carbonyl (C=O) groups excluding carboxylic acids is 3.